The number of nitrogens with two attached hydrogens (primary N) is 2. The number of allylic oxidation sites excluding steroid dienone is 2. The minimum atomic E-state index is -0.799. The van der Waals surface area contributed by atoms with Gasteiger partial charge in [0, 0.05) is 0 Å². The van der Waals surface area contributed by atoms with Crippen molar-refractivity contribution in [3.8, 4) is 0 Å². The van der Waals surface area contributed by atoms with Gasteiger partial charge in [0.1, 0.15) is 5.54 Å². The van der Waals surface area contributed by atoms with Gasteiger partial charge in [0.25, 0.3) is 0 Å². The lowest BCUT2D eigenvalue weighted by atomic mass is 9.78. The summed E-state index contributed by atoms with van der Waals surface area (Å²) in [6.07, 6.45) is 5.68. The molecule has 5 heteroatoms. The lowest BCUT2D eigenvalue weighted by molar-refractivity contribution is 0.444. The molecule has 0 radical (unpaired) electrons. The zero-order valence-corrected chi connectivity index (χ0v) is 9.65. The summed E-state index contributed by atoms with van der Waals surface area (Å²) >= 11 is 5.69. The first-order chi connectivity index (χ1) is 7.55. The summed E-state index contributed by atoms with van der Waals surface area (Å²) in [5.74, 6) is 0. The van der Waals surface area contributed by atoms with E-state index in [0.717, 1.165) is 5.57 Å². The maximum atomic E-state index is 6.33. The quantitative estimate of drug-likeness (QED) is 0.766. The number of nitrogens with zero attached hydrogens (tertiary/aromatic N) is 2. The predicted molar refractivity (Wildman–Crippen MR) is 63.8 cm³/mol. The zero-order valence-electron chi connectivity index (χ0n) is 8.89. The van der Waals surface area contributed by atoms with Gasteiger partial charge in [-0.3, -0.25) is 0 Å². The molecule has 1 aromatic rings. The lowest BCUT2D eigenvalue weighted by Crippen LogP contribution is -2.54. The number of aromatic nitrogens is 2. The van der Waals surface area contributed by atoms with Crippen molar-refractivity contribution in [2.75, 3.05) is 0 Å². The van der Waals surface area contributed by atoms with Gasteiger partial charge in [-0.15, -0.1) is 5.10 Å². The van der Waals surface area contributed by atoms with Crippen molar-refractivity contribution < 1.29 is 0 Å². The molecule has 0 amide bonds. The van der Waals surface area contributed by atoms with E-state index in [0.29, 0.717) is 10.8 Å². The van der Waals surface area contributed by atoms with Crippen LogP contribution < -0.4 is 11.5 Å². The molecular weight excluding hydrogens is 224 g/mol. The van der Waals surface area contributed by atoms with E-state index in [1.807, 2.05) is 25.2 Å². The summed E-state index contributed by atoms with van der Waals surface area (Å²) < 4.78 is 0. The molecule has 0 bridgehead atoms. The smallest absolute Gasteiger partial charge is 0.151 e. The van der Waals surface area contributed by atoms with Crippen molar-refractivity contribution in [2.24, 2.45) is 11.5 Å². The van der Waals surface area contributed by atoms with E-state index >= 15 is 0 Å². The van der Waals surface area contributed by atoms with Gasteiger partial charge in [0.2, 0.25) is 0 Å². The Bertz CT molecular complexity index is 452. The molecule has 4 nitrogen and oxygen atoms in total. The minimum Gasteiger partial charge on any atom is -0.322 e. The summed E-state index contributed by atoms with van der Waals surface area (Å²) in [7, 11) is 0. The molecule has 2 rings (SSSR count). The van der Waals surface area contributed by atoms with Gasteiger partial charge in [0.05, 0.1) is 11.7 Å². The molecule has 4 N–H and O–H groups in total. The van der Waals surface area contributed by atoms with Crippen LogP contribution >= 0.6 is 11.6 Å². The average Bonchev–Trinajstić information content (AvgIpc) is 2.27. The monoisotopic (exact) mass is 236 g/mol. The largest absolute Gasteiger partial charge is 0.322 e. The topological polar surface area (TPSA) is 77.8 Å². The van der Waals surface area contributed by atoms with Crippen LogP contribution in [-0.2, 0) is 5.54 Å². The highest BCUT2D eigenvalue weighted by Crippen LogP contribution is 2.31. The van der Waals surface area contributed by atoms with Gasteiger partial charge >= 0.3 is 0 Å². The van der Waals surface area contributed by atoms with E-state index in [-0.39, 0.29) is 6.04 Å². The molecule has 0 saturated heterocycles. The van der Waals surface area contributed by atoms with Crippen LogP contribution in [0.15, 0.2) is 35.9 Å². The van der Waals surface area contributed by atoms with Crippen LogP contribution in [0.2, 0.25) is 5.15 Å². The van der Waals surface area contributed by atoms with E-state index < -0.39 is 5.54 Å². The minimum absolute atomic E-state index is 0.312. The highest BCUT2D eigenvalue weighted by molar-refractivity contribution is 6.29. The summed E-state index contributed by atoms with van der Waals surface area (Å²) in [4.78, 5) is 0. The number of hydrogen-bond acceptors (Lipinski definition) is 4. The van der Waals surface area contributed by atoms with E-state index in [4.69, 9.17) is 23.1 Å². The van der Waals surface area contributed by atoms with Crippen LogP contribution in [0.5, 0.6) is 0 Å². The Kier molecular flexibility index (Phi) is 2.80. The normalized spacial score (nSPS) is 29.0. The molecule has 0 aliphatic heterocycles. The van der Waals surface area contributed by atoms with Gasteiger partial charge in [-0.1, -0.05) is 29.8 Å². The SMILES string of the molecule is CC1=CC=CC(N)C1(N)c1ccc(Cl)nn1. The Balaban J connectivity index is 2.49. The molecule has 84 valence electrons. The first-order valence-electron chi connectivity index (χ1n) is 4.95. The maximum absolute atomic E-state index is 6.33. The van der Waals surface area contributed by atoms with Gasteiger partial charge in [0.15, 0.2) is 5.15 Å². The summed E-state index contributed by atoms with van der Waals surface area (Å²) in [6, 6.07) is 3.11. The van der Waals surface area contributed by atoms with Gasteiger partial charge in [-0.2, -0.15) is 5.10 Å². The Hall–Kier alpha value is -1.23. The molecule has 0 saturated carbocycles. The second kappa shape index (κ2) is 3.97. The second-order valence-electron chi connectivity index (χ2n) is 3.87. The van der Waals surface area contributed by atoms with E-state index in [1.165, 1.54) is 0 Å². The molecule has 2 atom stereocenters. The molecule has 0 fully saturated rings. The van der Waals surface area contributed by atoms with Crippen LogP contribution in [0.4, 0.5) is 0 Å². The van der Waals surface area contributed by atoms with Crippen molar-refractivity contribution in [3.05, 3.63) is 46.8 Å². The first kappa shape index (κ1) is 11.3. The van der Waals surface area contributed by atoms with Crippen molar-refractivity contribution in [2.45, 2.75) is 18.5 Å². The summed E-state index contributed by atoms with van der Waals surface area (Å²) in [6.45, 7) is 1.93. The fourth-order valence-electron chi connectivity index (χ4n) is 1.78. The molecular formula is C11H13ClN4. The van der Waals surface area contributed by atoms with Crippen LogP contribution in [0.3, 0.4) is 0 Å². The van der Waals surface area contributed by atoms with Crippen molar-refractivity contribution in [1.82, 2.24) is 10.2 Å². The van der Waals surface area contributed by atoms with Crippen LogP contribution in [0.25, 0.3) is 0 Å². The third-order valence-electron chi connectivity index (χ3n) is 2.90. The van der Waals surface area contributed by atoms with E-state index in [9.17, 15) is 0 Å². The molecule has 1 heterocycles. The van der Waals surface area contributed by atoms with Gasteiger partial charge in [-0.25, -0.2) is 0 Å². The van der Waals surface area contributed by atoms with Crippen LogP contribution in [0.1, 0.15) is 12.6 Å². The molecule has 0 aromatic carbocycles. The third-order valence-corrected chi connectivity index (χ3v) is 3.10. The fraction of sp³-hybridized carbons (Fsp3) is 0.273. The van der Waals surface area contributed by atoms with E-state index in [2.05, 4.69) is 10.2 Å². The number of halogens is 1. The highest BCUT2D eigenvalue weighted by atomic mass is 35.5. The number of hydrogen-bond donors (Lipinski definition) is 2. The summed E-state index contributed by atoms with van der Waals surface area (Å²) in [5, 5.41) is 8.15. The first-order valence-corrected chi connectivity index (χ1v) is 5.32. The standard InChI is InChI=1S/C11H13ClN4/c1-7-3-2-4-8(13)11(7,14)9-5-6-10(12)16-15-9/h2-6,8H,13-14H2,1H3. The Morgan fingerprint density at radius 2 is 2.12 bits per heavy atom. The van der Waals surface area contributed by atoms with Crippen molar-refractivity contribution >= 4 is 11.6 Å². The Labute approximate surface area is 99.0 Å². The average molecular weight is 237 g/mol. The second-order valence-corrected chi connectivity index (χ2v) is 4.26. The van der Waals surface area contributed by atoms with E-state index in [1.54, 1.807) is 12.1 Å². The molecule has 16 heavy (non-hydrogen) atoms. The number of rotatable bonds is 1. The predicted octanol–water partition coefficient (Wildman–Crippen LogP) is 1.13. The summed E-state index contributed by atoms with van der Waals surface area (Å²) in [5.41, 5.74) is 13.1. The van der Waals surface area contributed by atoms with Crippen molar-refractivity contribution in [1.29, 1.82) is 0 Å². The van der Waals surface area contributed by atoms with Gasteiger partial charge in [-0.05, 0) is 24.6 Å². The van der Waals surface area contributed by atoms with Crippen LogP contribution in [0, 0.1) is 0 Å². The highest BCUT2D eigenvalue weighted by Gasteiger charge is 2.37. The molecule has 2 unspecified atom stereocenters. The maximum Gasteiger partial charge on any atom is 0.151 e. The molecule has 1 aliphatic rings. The third kappa shape index (κ3) is 1.65. The van der Waals surface area contributed by atoms with Crippen molar-refractivity contribution in [3.63, 3.8) is 0 Å². The molecule has 1 aromatic heterocycles. The van der Waals surface area contributed by atoms with Crippen LogP contribution in [-0.4, -0.2) is 16.2 Å². The van der Waals surface area contributed by atoms with Gasteiger partial charge < -0.3 is 11.5 Å². The molecule has 0 spiro atoms. The fourth-order valence-corrected chi connectivity index (χ4v) is 1.88. The Morgan fingerprint density at radius 1 is 1.38 bits per heavy atom. The lowest BCUT2D eigenvalue weighted by Gasteiger charge is -2.35. The molecule has 1 aliphatic carbocycles. The zero-order chi connectivity index (χ0) is 11.8. The Morgan fingerprint density at radius 3 is 2.69 bits per heavy atom.